The lowest BCUT2D eigenvalue weighted by atomic mass is 9.85. The Balaban J connectivity index is 2.48. The van der Waals surface area contributed by atoms with Gasteiger partial charge in [-0.25, -0.2) is 0 Å². The molecule has 0 aliphatic heterocycles. The lowest BCUT2D eigenvalue weighted by Gasteiger charge is -2.19. The van der Waals surface area contributed by atoms with Gasteiger partial charge in [-0.1, -0.05) is 51.1 Å². The molecule has 0 bridgehead atoms. The molecule has 0 spiro atoms. The third kappa shape index (κ3) is 3.80. The van der Waals surface area contributed by atoms with E-state index >= 15 is 0 Å². The molecule has 2 unspecified atom stereocenters. The number of rotatable bonds is 6. The Morgan fingerprint density at radius 1 is 1.19 bits per heavy atom. The smallest absolute Gasteiger partial charge is 0.132 e. The number of ketones is 1. The van der Waals surface area contributed by atoms with Gasteiger partial charge >= 0.3 is 0 Å². The molecule has 1 heteroatoms. The summed E-state index contributed by atoms with van der Waals surface area (Å²) in [6, 6.07) is 10.5. The minimum Gasteiger partial charge on any atom is -0.300 e. The van der Waals surface area contributed by atoms with Crippen molar-refractivity contribution in [3.05, 3.63) is 35.9 Å². The maximum absolute atomic E-state index is 11.3. The highest BCUT2D eigenvalue weighted by molar-refractivity contribution is 5.77. The average molecular weight is 218 g/mol. The zero-order valence-electron chi connectivity index (χ0n) is 10.6. The topological polar surface area (TPSA) is 17.1 Å². The van der Waals surface area contributed by atoms with Crippen molar-refractivity contribution in [3.8, 4) is 0 Å². The zero-order valence-corrected chi connectivity index (χ0v) is 10.6. The SMILES string of the molecule is CCC(=O)CCC(C)C(C)c1ccccc1. The molecule has 0 saturated heterocycles. The molecule has 0 amide bonds. The fraction of sp³-hybridized carbons (Fsp3) is 0.533. The maximum atomic E-state index is 11.3. The van der Waals surface area contributed by atoms with E-state index < -0.39 is 0 Å². The largest absolute Gasteiger partial charge is 0.300 e. The van der Waals surface area contributed by atoms with Crippen LogP contribution in [0.15, 0.2) is 30.3 Å². The van der Waals surface area contributed by atoms with Crippen molar-refractivity contribution in [2.24, 2.45) is 5.92 Å². The fourth-order valence-corrected chi connectivity index (χ4v) is 1.90. The van der Waals surface area contributed by atoms with Crippen LogP contribution in [0.25, 0.3) is 0 Å². The van der Waals surface area contributed by atoms with Gasteiger partial charge in [0.2, 0.25) is 0 Å². The summed E-state index contributed by atoms with van der Waals surface area (Å²) >= 11 is 0. The molecular weight excluding hydrogens is 196 g/mol. The second kappa shape index (κ2) is 6.47. The Hall–Kier alpha value is -1.11. The van der Waals surface area contributed by atoms with Gasteiger partial charge in [0.05, 0.1) is 0 Å². The Bertz CT molecular complexity index is 315. The van der Waals surface area contributed by atoms with Crippen molar-refractivity contribution >= 4 is 5.78 Å². The summed E-state index contributed by atoms with van der Waals surface area (Å²) in [5, 5.41) is 0. The van der Waals surface area contributed by atoms with Gasteiger partial charge in [0, 0.05) is 12.8 Å². The molecule has 1 rings (SSSR count). The molecule has 0 fully saturated rings. The minimum absolute atomic E-state index is 0.382. The standard InChI is InChI=1S/C15H22O/c1-4-15(16)11-10-12(2)13(3)14-8-6-5-7-9-14/h5-9,12-13H,4,10-11H2,1-3H3. The van der Waals surface area contributed by atoms with E-state index in [2.05, 4.69) is 38.1 Å². The minimum atomic E-state index is 0.382. The molecule has 0 aliphatic carbocycles. The molecule has 1 nitrogen and oxygen atoms in total. The van der Waals surface area contributed by atoms with Gasteiger partial charge in [-0.05, 0) is 23.8 Å². The highest BCUT2D eigenvalue weighted by Gasteiger charge is 2.14. The normalized spacial score (nSPS) is 14.4. The maximum Gasteiger partial charge on any atom is 0.132 e. The van der Waals surface area contributed by atoms with Crippen molar-refractivity contribution in [1.82, 2.24) is 0 Å². The second-order valence-electron chi connectivity index (χ2n) is 4.61. The number of Topliss-reactive ketones (excluding diaryl/α,β-unsaturated/α-hetero) is 1. The van der Waals surface area contributed by atoms with Crippen LogP contribution in [0.3, 0.4) is 0 Å². The predicted octanol–water partition coefficient (Wildman–Crippen LogP) is 4.19. The Labute approximate surface area is 98.9 Å². The van der Waals surface area contributed by atoms with Crippen LogP contribution in [0.5, 0.6) is 0 Å². The first kappa shape index (κ1) is 13.0. The van der Waals surface area contributed by atoms with Gasteiger partial charge in [0.15, 0.2) is 0 Å². The Morgan fingerprint density at radius 2 is 1.81 bits per heavy atom. The third-order valence-electron chi connectivity index (χ3n) is 3.45. The molecule has 88 valence electrons. The summed E-state index contributed by atoms with van der Waals surface area (Å²) in [6.07, 6.45) is 2.41. The van der Waals surface area contributed by atoms with Crippen LogP contribution in [-0.2, 0) is 4.79 Å². The first-order valence-electron chi connectivity index (χ1n) is 6.21. The van der Waals surface area contributed by atoms with Gasteiger partial charge in [-0.15, -0.1) is 0 Å². The Morgan fingerprint density at radius 3 is 2.38 bits per heavy atom. The van der Waals surface area contributed by atoms with Gasteiger partial charge in [-0.3, -0.25) is 4.79 Å². The molecule has 1 aromatic rings. The van der Waals surface area contributed by atoms with Crippen LogP contribution in [0.2, 0.25) is 0 Å². The molecule has 1 aromatic carbocycles. The van der Waals surface area contributed by atoms with E-state index in [0.29, 0.717) is 24.0 Å². The van der Waals surface area contributed by atoms with E-state index in [1.807, 2.05) is 13.0 Å². The van der Waals surface area contributed by atoms with Crippen LogP contribution in [0, 0.1) is 5.92 Å². The number of benzene rings is 1. The van der Waals surface area contributed by atoms with Gasteiger partial charge in [-0.2, -0.15) is 0 Å². The molecule has 2 atom stereocenters. The van der Waals surface area contributed by atoms with E-state index in [0.717, 1.165) is 12.8 Å². The Kier molecular flexibility index (Phi) is 5.24. The molecule has 16 heavy (non-hydrogen) atoms. The molecular formula is C15H22O. The molecule has 0 aliphatic rings. The van der Waals surface area contributed by atoms with Crippen molar-refractivity contribution in [3.63, 3.8) is 0 Å². The van der Waals surface area contributed by atoms with Crippen LogP contribution < -0.4 is 0 Å². The van der Waals surface area contributed by atoms with Crippen molar-refractivity contribution in [1.29, 1.82) is 0 Å². The van der Waals surface area contributed by atoms with Crippen molar-refractivity contribution < 1.29 is 4.79 Å². The molecule has 0 N–H and O–H groups in total. The summed E-state index contributed by atoms with van der Waals surface area (Å²) in [6.45, 7) is 6.42. The first-order chi connectivity index (χ1) is 7.65. The highest BCUT2D eigenvalue weighted by atomic mass is 16.1. The third-order valence-corrected chi connectivity index (χ3v) is 3.45. The zero-order chi connectivity index (χ0) is 12.0. The highest BCUT2D eigenvalue weighted by Crippen LogP contribution is 2.27. The molecule has 0 saturated carbocycles. The summed E-state index contributed by atoms with van der Waals surface area (Å²) in [4.78, 5) is 11.3. The first-order valence-corrected chi connectivity index (χ1v) is 6.21. The van der Waals surface area contributed by atoms with Crippen molar-refractivity contribution in [2.75, 3.05) is 0 Å². The van der Waals surface area contributed by atoms with Gasteiger partial charge in [0.25, 0.3) is 0 Å². The number of carbonyl (C=O) groups is 1. The summed E-state index contributed by atoms with van der Waals surface area (Å²) in [5.41, 5.74) is 1.37. The van der Waals surface area contributed by atoms with Crippen LogP contribution in [0.1, 0.15) is 51.5 Å². The van der Waals surface area contributed by atoms with E-state index in [9.17, 15) is 4.79 Å². The molecule has 0 heterocycles. The monoisotopic (exact) mass is 218 g/mol. The number of hydrogen-bond acceptors (Lipinski definition) is 1. The van der Waals surface area contributed by atoms with E-state index in [4.69, 9.17) is 0 Å². The summed E-state index contributed by atoms with van der Waals surface area (Å²) in [5.74, 6) is 1.48. The summed E-state index contributed by atoms with van der Waals surface area (Å²) < 4.78 is 0. The molecule has 0 radical (unpaired) electrons. The number of carbonyl (C=O) groups excluding carboxylic acids is 1. The van der Waals surface area contributed by atoms with E-state index in [-0.39, 0.29) is 0 Å². The van der Waals surface area contributed by atoms with Gasteiger partial charge < -0.3 is 0 Å². The summed E-state index contributed by atoms with van der Waals surface area (Å²) in [7, 11) is 0. The quantitative estimate of drug-likeness (QED) is 0.700. The molecule has 0 aromatic heterocycles. The lowest BCUT2D eigenvalue weighted by molar-refractivity contribution is -0.119. The van der Waals surface area contributed by atoms with Crippen LogP contribution in [-0.4, -0.2) is 5.78 Å². The van der Waals surface area contributed by atoms with Crippen molar-refractivity contribution in [2.45, 2.75) is 46.0 Å². The van der Waals surface area contributed by atoms with E-state index in [1.54, 1.807) is 0 Å². The van der Waals surface area contributed by atoms with E-state index in [1.165, 1.54) is 5.56 Å². The average Bonchev–Trinajstić information content (AvgIpc) is 2.35. The second-order valence-corrected chi connectivity index (χ2v) is 4.61. The van der Waals surface area contributed by atoms with Crippen LogP contribution in [0.4, 0.5) is 0 Å². The number of hydrogen-bond donors (Lipinski definition) is 0. The van der Waals surface area contributed by atoms with Crippen LogP contribution >= 0.6 is 0 Å². The predicted molar refractivity (Wildman–Crippen MR) is 68.6 cm³/mol. The van der Waals surface area contributed by atoms with Gasteiger partial charge in [0.1, 0.15) is 5.78 Å². The lowest BCUT2D eigenvalue weighted by Crippen LogP contribution is -2.08. The fourth-order valence-electron chi connectivity index (χ4n) is 1.90.